The van der Waals surface area contributed by atoms with E-state index in [1.165, 1.54) is 18.3 Å². The van der Waals surface area contributed by atoms with Gasteiger partial charge in [-0.1, -0.05) is 12.1 Å². The second kappa shape index (κ2) is 9.44. The molecule has 9 nitrogen and oxygen atoms in total. The SMILES string of the molecule is O=C1NC(c2ccc(OCCCC(F)(F)F)cc2)(C(F)(F)F)CC(c2cnn(C3CC3)c2)=C1c1nnn[nH]1. The first-order chi connectivity index (χ1) is 18.0. The summed E-state index contributed by atoms with van der Waals surface area (Å²) in [6, 6.07) is 4.89. The molecule has 2 N–H and O–H groups in total. The highest BCUT2D eigenvalue weighted by Gasteiger charge is 2.60. The van der Waals surface area contributed by atoms with Gasteiger partial charge in [0.15, 0.2) is 11.4 Å². The van der Waals surface area contributed by atoms with Gasteiger partial charge in [-0.15, -0.1) is 5.10 Å². The molecule has 2 aromatic heterocycles. The van der Waals surface area contributed by atoms with Crippen molar-refractivity contribution >= 4 is 17.1 Å². The van der Waals surface area contributed by atoms with Crippen LogP contribution in [0.25, 0.3) is 11.1 Å². The van der Waals surface area contributed by atoms with Crippen molar-refractivity contribution in [1.82, 2.24) is 35.7 Å². The summed E-state index contributed by atoms with van der Waals surface area (Å²) in [6.07, 6.45) is -6.45. The number of H-pyrrole nitrogens is 1. The number of nitrogens with zero attached hydrogens (tertiary/aromatic N) is 5. The van der Waals surface area contributed by atoms with Crippen molar-refractivity contribution in [1.29, 1.82) is 0 Å². The third-order valence-electron chi connectivity index (χ3n) is 6.46. The second-order valence-electron chi connectivity index (χ2n) is 9.17. The zero-order valence-electron chi connectivity index (χ0n) is 19.6. The molecule has 5 rings (SSSR count). The number of nitrogens with one attached hydrogen (secondary N) is 2. The van der Waals surface area contributed by atoms with Crippen LogP contribution in [0.2, 0.25) is 0 Å². The molecule has 1 atom stereocenters. The second-order valence-corrected chi connectivity index (χ2v) is 9.17. The number of aromatic amines is 1. The predicted molar refractivity (Wildman–Crippen MR) is 119 cm³/mol. The normalized spacial score (nSPS) is 20.5. The first-order valence-corrected chi connectivity index (χ1v) is 11.7. The number of amides is 1. The molecule has 2 aliphatic rings. The van der Waals surface area contributed by atoms with Crippen molar-refractivity contribution in [3.8, 4) is 5.75 Å². The van der Waals surface area contributed by atoms with E-state index < -0.39 is 36.6 Å². The van der Waals surface area contributed by atoms with Gasteiger partial charge in [-0.05, 0) is 53.0 Å². The Morgan fingerprint density at radius 3 is 2.45 bits per heavy atom. The maximum atomic E-state index is 14.8. The van der Waals surface area contributed by atoms with E-state index in [4.69, 9.17) is 4.74 Å². The lowest BCUT2D eigenvalue weighted by Crippen LogP contribution is -2.58. The van der Waals surface area contributed by atoms with Gasteiger partial charge >= 0.3 is 12.4 Å². The Morgan fingerprint density at radius 1 is 1.11 bits per heavy atom. The number of alkyl halides is 6. The fourth-order valence-electron chi connectivity index (χ4n) is 4.39. The van der Waals surface area contributed by atoms with Crippen LogP contribution in [0.15, 0.2) is 36.7 Å². The minimum absolute atomic E-state index is 0.0593. The summed E-state index contributed by atoms with van der Waals surface area (Å²) in [6.45, 7) is -0.257. The summed E-state index contributed by atoms with van der Waals surface area (Å²) in [5, 5.41) is 19.5. The third kappa shape index (κ3) is 5.09. The molecule has 15 heteroatoms. The Balaban J connectivity index is 1.49. The molecule has 0 saturated heterocycles. The summed E-state index contributed by atoms with van der Waals surface area (Å²) < 4.78 is 88.2. The van der Waals surface area contributed by atoms with Crippen molar-refractivity contribution in [2.24, 2.45) is 0 Å². The molecule has 202 valence electrons. The minimum atomic E-state index is -4.93. The smallest absolute Gasteiger partial charge is 0.416 e. The van der Waals surface area contributed by atoms with Crippen LogP contribution < -0.4 is 10.1 Å². The quantitative estimate of drug-likeness (QED) is 0.324. The minimum Gasteiger partial charge on any atom is -0.494 e. The van der Waals surface area contributed by atoms with Crippen molar-refractivity contribution in [2.75, 3.05) is 6.61 Å². The largest absolute Gasteiger partial charge is 0.494 e. The molecule has 0 bridgehead atoms. The average Bonchev–Trinajstić information content (AvgIpc) is 3.34. The first kappa shape index (κ1) is 25.7. The molecular formula is C23H21F6N7O2. The molecule has 1 fully saturated rings. The maximum absolute atomic E-state index is 14.8. The molecule has 1 amide bonds. The van der Waals surface area contributed by atoms with Crippen molar-refractivity contribution in [3.05, 3.63) is 53.6 Å². The number of hydrogen-bond acceptors (Lipinski definition) is 6. The Morgan fingerprint density at radius 2 is 1.84 bits per heavy atom. The molecule has 1 aliphatic carbocycles. The van der Waals surface area contributed by atoms with E-state index in [2.05, 4.69) is 31.0 Å². The molecule has 1 aliphatic heterocycles. The zero-order chi connectivity index (χ0) is 27.1. The molecule has 1 aromatic carbocycles. The van der Waals surface area contributed by atoms with E-state index in [9.17, 15) is 31.1 Å². The van der Waals surface area contributed by atoms with Crippen LogP contribution >= 0.6 is 0 Å². The lowest BCUT2D eigenvalue weighted by Gasteiger charge is -2.41. The number of halogens is 6. The van der Waals surface area contributed by atoms with Crippen LogP contribution in [0.3, 0.4) is 0 Å². The monoisotopic (exact) mass is 541 g/mol. The highest BCUT2D eigenvalue weighted by molar-refractivity contribution is 6.27. The predicted octanol–water partition coefficient (Wildman–Crippen LogP) is 4.34. The summed E-state index contributed by atoms with van der Waals surface area (Å²) in [5.41, 5.74) is -2.83. The molecule has 38 heavy (non-hydrogen) atoms. The van der Waals surface area contributed by atoms with Crippen molar-refractivity contribution < 1.29 is 35.9 Å². The maximum Gasteiger partial charge on any atom is 0.416 e. The molecule has 1 unspecified atom stereocenters. The van der Waals surface area contributed by atoms with Crippen molar-refractivity contribution in [3.63, 3.8) is 0 Å². The number of aromatic nitrogens is 6. The molecule has 1 saturated carbocycles. The van der Waals surface area contributed by atoms with Crippen LogP contribution in [-0.4, -0.2) is 55.3 Å². The third-order valence-corrected chi connectivity index (χ3v) is 6.46. The summed E-state index contributed by atoms with van der Waals surface area (Å²) >= 11 is 0. The topological polar surface area (TPSA) is 111 Å². The zero-order valence-corrected chi connectivity index (χ0v) is 19.6. The van der Waals surface area contributed by atoms with Gasteiger partial charge in [0.2, 0.25) is 0 Å². The fraction of sp³-hybridized carbons (Fsp3) is 0.435. The Kier molecular flexibility index (Phi) is 6.39. The van der Waals surface area contributed by atoms with E-state index in [0.29, 0.717) is 5.56 Å². The van der Waals surface area contributed by atoms with Crippen LogP contribution in [0.4, 0.5) is 26.3 Å². The van der Waals surface area contributed by atoms with E-state index in [0.717, 1.165) is 25.0 Å². The Hall–Kier alpha value is -3.91. The average molecular weight is 541 g/mol. The Bertz CT molecular complexity index is 1330. The van der Waals surface area contributed by atoms with Gasteiger partial charge in [-0.25, -0.2) is 5.10 Å². The Labute approximate surface area is 211 Å². The van der Waals surface area contributed by atoms with Crippen molar-refractivity contribution in [2.45, 2.75) is 56.0 Å². The number of rotatable bonds is 8. The summed E-state index contributed by atoms with van der Waals surface area (Å²) in [5.74, 6) is -1.02. The number of ether oxygens (including phenoxy) is 1. The highest BCUT2D eigenvalue weighted by atomic mass is 19.4. The molecule has 0 spiro atoms. The van der Waals surface area contributed by atoms with Gasteiger partial charge < -0.3 is 10.1 Å². The van der Waals surface area contributed by atoms with Gasteiger partial charge in [0.05, 0.1) is 24.4 Å². The number of carbonyl (C=O) groups excluding carboxylic acids is 1. The van der Waals surface area contributed by atoms with E-state index >= 15 is 0 Å². The van der Waals surface area contributed by atoms with Crippen LogP contribution in [0, 0.1) is 0 Å². The summed E-state index contributed by atoms with van der Waals surface area (Å²) in [4.78, 5) is 13.3. The van der Waals surface area contributed by atoms with Crippen LogP contribution in [0.1, 0.15) is 55.1 Å². The summed E-state index contributed by atoms with van der Waals surface area (Å²) in [7, 11) is 0. The first-order valence-electron chi connectivity index (χ1n) is 11.7. The standard InChI is InChI=1S/C23H21F6N7O2/c24-22(25,26)8-1-9-38-16-6-2-14(3-7-16)21(23(27,28)29)10-17(13-11-30-36(12-13)15-4-5-15)18(20(37)31-21)19-32-34-35-33-19/h2-3,6-7,11-12,15H,1,4-5,8-10H2,(H,31,37)(H,32,33,34,35). The number of hydrogen-bond donors (Lipinski definition) is 2. The number of benzene rings is 1. The van der Waals surface area contributed by atoms with Crippen LogP contribution in [-0.2, 0) is 10.3 Å². The lowest BCUT2D eigenvalue weighted by molar-refractivity contribution is -0.201. The van der Waals surface area contributed by atoms with Gasteiger partial charge in [0.25, 0.3) is 5.91 Å². The van der Waals surface area contributed by atoms with Crippen LogP contribution in [0.5, 0.6) is 5.75 Å². The molecule has 0 radical (unpaired) electrons. The van der Waals surface area contributed by atoms with Gasteiger partial charge in [0.1, 0.15) is 5.75 Å². The molecule has 3 aromatic rings. The van der Waals surface area contributed by atoms with E-state index in [1.807, 2.05) is 0 Å². The molecular weight excluding hydrogens is 520 g/mol. The number of carbonyl (C=O) groups is 1. The highest BCUT2D eigenvalue weighted by Crippen LogP contribution is 2.50. The lowest BCUT2D eigenvalue weighted by atomic mass is 9.77. The number of tetrazole rings is 1. The molecule has 3 heterocycles. The van der Waals surface area contributed by atoms with Gasteiger partial charge in [-0.2, -0.15) is 31.4 Å². The fourth-order valence-corrected chi connectivity index (χ4v) is 4.39. The van der Waals surface area contributed by atoms with Gasteiger partial charge in [-0.3, -0.25) is 9.48 Å². The van der Waals surface area contributed by atoms with E-state index in [1.54, 1.807) is 10.9 Å². The van der Waals surface area contributed by atoms with E-state index in [-0.39, 0.29) is 47.4 Å². The van der Waals surface area contributed by atoms with Gasteiger partial charge in [0, 0.05) is 24.6 Å².